The third-order valence-electron chi connectivity index (χ3n) is 5.78. The van der Waals surface area contributed by atoms with Crippen molar-refractivity contribution >= 4 is 17.3 Å². The Labute approximate surface area is 157 Å². The molecule has 0 unspecified atom stereocenters. The van der Waals surface area contributed by atoms with Gasteiger partial charge in [-0.15, -0.1) is 0 Å². The monoisotopic (exact) mass is 352 g/mol. The van der Waals surface area contributed by atoms with Crippen LogP contribution < -0.4 is 14.7 Å². The average Bonchev–Trinajstić information content (AvgIpc) is 2.69. The zero-order valence-corrected chi connectivity index (χ0v) is 16.3. The third-order valence-corrected chi connectivity index (χ3v) is 5.78. The van der Waals surface area contributed by atoms with Crippen molar-refractivity contribution in [3.8, 4) is 0 Å². The van der Waals surface area contributed by atoms with Crippen molar-refractivity contribution in [2.45, 2.75) is 26.8 Å². The van der Waals surface area contributed by atoms with Crippen molar-refractivity contribution in [1.82, 2.24) is 0 Å². The van der Waals surface area contributed by atoms with E-state index in [0.29, 0.717) is 0 Å². The first kappa shape index (κ1) is 18.5. The number of hydrogen-bond donors (Lipinski definition) is 1. The predicted octanol–water partition coefficient (Wildman–Crippen LogP) is 2.06. The first-order chi connectivity index (χ1) is 12.5. The van der Waals surface area contributed by atoms with Crippen molar-refractivity contribution < 1.29 is 9.69 Å². The van der Waals surface area contributed by atoms with E-state index in [1.54, 1.807) is 4.90 Å². The summed E-state index contributed by atoms with van der Waals surface area (Å²) in [5.74, 6) is 0.186. The summed E-state index contributed by atoms with van der Waals surface area (Å²) in [5.41, 5.74) is 5.00. The minimum absolute atomic E-state index is 0.0269. The molecular weight excluding hydrogens is 322 g/mol. The molecule has 1 aliphatic heterocycles. The van der Waals surface area contributed by atoms with E-state index in [4.69, 9.17) is 0 Å². The molecule has 4 heteroatoms. The Kier molecular flexibility index (Phi) is 5.62. The summed E-state index contributed by atoms with van der Waals surface area (Å²) >= 11 is 0. The van der Waals surface area contributed by atoms with Crippen LogP contribution in [0.25, 0.3) is 0 Å². The number of hydrogen-bond acceptors (Lipinski definition) is 2. The SMILES string of the molecule is Cc1cccc(N2CC[NH+]([C@@H](C)C(=O)N(C)c3ccccc3)CC2)c1C. The van der Waals surface area contributed by atoms with E-state index in [9.17, 15) is 4.79 Å². The molecule has 1 atom stereocenters. The molecule has 138 valence electrons. The number of nitrogens with zero attached hydrogens (tertiary/aromatic N) is 2. The number of nitrogens with one attached hydrogen (secondary N) is 1. The minimum atomic E-state index is -0.0269. The van der Waals surface area contributed by atoms with Gasteiger partial charge in [-0.1, -0.05) is 30.3 Å². The Hall–Kier alpha value is -2.33. The van der Waals surface area contributed by atoms with Crippen LogP contribution in [0.5, 0.6) is 0 Å². The molecular formula is C22H30N3O+. The van der Waals surface area contributed by atoms with Gasteiger partial charge in [0.1, 0.15) is 0 Å². The Balaban J connectivity index is 1.62. The molecule has 0 aromatic heterocycles. The maximum atomic E-state index is 12.9. The van der Waals surface area contributed by atoms with Gasteiger partial charge in [-0.3, -0.25) is 4.79 Å². The fraction of sp³-hybridized carbons (Fsp3) is 0.409. The Morgan fingerprint density at radius 3 is 2.35 bits per heavy atom. The summed E-state index contributed by atoms with van der Waals surface area (Å²) in [7, 11) is 1.87. The van der Waals surface area contributed by atoms with E-state index in [-0.39, 0.29) is 11.9 Å². The Morgan fingerprint density at radius 2 is 1.69 bits per heavy atom. The first-order valence-electron chi connectivity index (χ1n) is 9.47. The van der Waals surface area contributed by atoms with Gasteiger partial charge in [0.2, 0.25) is 0 Å². The molecule has 0 spiro atoms. The largest absolute Gasteiger partial charge is 0.360 e. The summed E-state index contributed by atoms with van der Waals surface area (Å²) < 4.78 is 0. The first-order valence-corrected chi connectivity index (χ1v) is 9.47. The molecule has 26 heavy (non-hydrogen) atoms. The van der Waals surface area contributed by atoms with E-state index >= 15 is 0 Å². The lowest BCUT2D eigenvalue weighted by atomic mass is 10.1. The number of rotatable bonds is 4. The maximum absolute atomic E-state index is 12.9. The zero-order chi connectivity index (χ0) is 18.7. The van der Waals surface area contributed by atoms with Crippen LogP contribution in [-0.2, 0) is 4.79 Å². The van der Waals surface area contributed by atoms with E-state index < -0.39 is 0 Å². The number of likely N-dealkylation sites (N-methyl/N-ethyl adjacent to an activating group) is 1. The number of benzene rings is 2. The number of amides is 1. The van der Waals surface area contributed by atoms with Crippen molar-refractivity contribution in [1.29, 1.82) is 0 Å². The second-order valence-corrected chi connectivity index (χ2v) is 7.32. The number of anilines is 2. The summed E-state index contributed by atoms with van der Waals surface area (Å²) in [4.78, 5) is 18.5. The number of para-hydroxylation sites is 1. The van der Waals surface area contributed by atoms with Crippen LogP contribution in [-0.4, -0.2) is 45.2 Å². The van der Waals surface area contributed by atoms with Gasteiger partial charge in [0.15, 0.2) is 6.04 Å². The van der Waals surface area contributed by atoms with Crippen LogP contribution >= 0.6 is 0 Å². The average molecular weight is 353 g/mol. The van der Waals surface area contributed by atoms with Crippen molar-refractivity contribution in [3.05, 3.63) is 59.7 Å². The van der Waals surface area contributed by atoms with Crippen molar-refractivity contribution in [2.24, 2.45) is 0 Å². The molecule has 0 saturated carbocycles. The highest BCUT2D eigenvalue weighted by molar-refractivity contribution is 5.95. The number of carbonyl (C=O) groups excluding carboxylic acids is 1. The van der Waals surface area contributed by atoms with Crippen molar-refractivity contribution in [2.75, 3.05) is 43.0 Å². The molecule has 1 saturated heterocycles. The van der Waals surface area contributed by atoms with Gasteiger partial charge in [0, 0.05) is 18.4 Å². The molecule has 1 amide bonds. The maximum Gasteiger partial charge on any atom is 0.284 e. The normalized spacial score (nSPS) is 16.4. The molecule has 0 bridgehead atoms. The molecule has 3 rings (SSSR count). The minimum Gasteiger partial charge on any atom is -0.360 e. The number of piperazine rings is 1. The molecule has 4 nitrogen and oxygen atoms in total. The second kappa shape index (κ2) is 7.92. The van der Waals surface area contributed by atoms with Gasteiger partial charge < -0.3 is 14.7 Å². The van der Waals surface area contributed by atoms with Crippen LogP contribution in [0.3, 0.4) is 0 Å². The van der Waals surface area contributed by atoms with Gasteiger partial charge in [0.25, 0.3) is 5.91 Å². The quantitative estimate of drug-likeness (QED) is 0.912. The Bertz CT molecular complexity index is 751. The second-order valence-electron chi connectivity index (χ2n) is 7.32. The number of carbonyl (C=O) groups is 1. The molecule has 1 heterocycles. The lowest BCUT2D eigenvalue weighted by molar-refractivity contribution is -0.914. The van der Waals surface area contributed by atoms with E-state index in [0.717, 1.165) is 31.9 Å². The fourth-order valence-corrected chi connectivity index (χ4v) is 3.79. The van der Waals surface area contributed by atoms with Gasteiger partial charge in [0.05, 0.1) is 26.2 Å². The lowest BCUT2D eigenvalue weighted by Gasteiger charge is -2.37. The summed E-state index contributed by atoms with van der Waals surface area (Å²) in [6.07, 6.45) is 0. The molecule has 1 N–H and O–H groups in total. The fourth-order valence-electron chi connectivity index (χ4n) is 3.79. The standard InChI is InChI=1S/C22H29N3O/c1-17-9-8-12-21(18(17)2)25-15-13-24(14-16-25)19(3)22(26)23(4)20-10-6-5-7-11-20/h5-12,19H,13-16H2,1-4H3/p+1/t19-/m0/s1. The van der Waals surface area contributed by atoms with E-state index in [1.165, 1.54) is 21.7 Å². The summed E-state index contributed by atoms with van der Waals surface area (Å²) in [5, 5.41) is 0. The molecule has 2 aromatic rings. The highest BCUT2D eigenvalue weighted by Gasteiger charge is 2.31. The summed E-state index contributed by atoms with van der Waals surface area (Å²) in [6, 6.07) is 16.4. The summed E-state index contributed by atoms with van der Waals surface area (Å²) in [6.45, 7) is 10.4. The van der Waals surface area contributed by atoms with Crippen LogP contribution in [0.15, 0.2) is 48.5 Å². The number of quaternary nitrogens is 1. The van der Waals surface area contributed by atoms with Gasteiger partial charge in [-0.25, -0.2) is 0 Å². The van der Waals surface area contributed by atoms with Crippen LogP contribution in [0.1, 0.15) is 18.1 Å². The topological polar surface area (TPSA) is 28.0 Å². The van der Waals surface area contributed by atoms with Gasteiger partial charge in [-0.2, -0.15) is 0 Å². The molecule has 1 fully saturated rings. The van der Waals surface area contributed by atoms with Crippen LogP contribution in [0, 0.1) is 13.8 Å². The lowest BCUT2D eigenvalue weighted by Crippen LogP contribution is -3.19. The number of aryl methyl sites for hydroxylation is 1. The van der Waals surface area contributed by atoms with Gasteiger partial charge >= 0.3 is 0 Å². The molecule has 0 radical (unpaired) electrons. The molecule has 2 aromatic carbocycles. The smallest absolute Gasteiger partial charge is 0.284 e. The van der Waals surface area contributed by atoms with Crippen LogP contribution in [0.2, 0.25) is 0 Å². The highest BCUT2D eigenvalue weighted by Crippen LogP contribution is 2.22. The molecule has 1 aliphatic rings. The Morgan fingerprint density at radius 1 is 1.04 bits per heavy atom. The third kappa shape index (κ3) is 3.75. The highest BCUT2D eigenvalue weighted by atomic mass is 16.2. The zero-order valence-electron chi connectivity index (χ0n) is 16.3. The molecule has 0 aliphatic carbocycles. The predicted molar refractivity (Wildman–Crippen MR) is 108 cm³/mol. The van der Waals surface area contributed by atoms with Crippen molar-refractivity contribution in [3.63, 3.8) is 0 Å². The van der Waals surface area contributed by atoms with E-state index in [2.05, 4.69) is 43.9 Å². The van der Waals surface area contributed by atoms with E-state index in [1.807, 2.05) is 37.4 Å². The van der Waals surface area contributed by atoms with Gasteiger partial charge in [-0.05, 0) is 50.1 Å². The van der Waals surface area contributed by atoms with Crippen LogP contribution in [0.4, 0.5) is 11.4 Å².